The van der Waals surface area contributed by atoms with Crippen molar-refractivity contribution in [1.29, 1.82) is 0 Å². The van der Waals surface area contributed by atoms with Crippen LogP contribution in [0.4, 0.5) is 13.2 Å². The van der Waals surface area contributed by atoms with Crippen LogP contribution in [0.2, 0.25) is 0 Å². The van der Waals surface area contributed by atoms with Crippen LogP contribution in [0.15, 0.2) is 24.3 Å². The molecule has 1 aromatic rings. The Morgan fingerprint density at radius 2 is 1.96 bits per heavy atom. The summed E-state index contributed by atoms with van der Waals surface area (Å²) < 4.78 is 38.4. The van der Waals surface area contributed by atoms with Crippen LogP contribution < -0.4 is 10.6 Å². The molecule has 7 heteroatoms. The summed E-state index contributed by atoms with van der Waals surface area (Å²) in [5, 5.41) is 5.27. The second-order valence-corrected chi connectivity index (χ2v) is 6.34. The van der Waals surface area contributed by atoms with Gasteiger partial charge in [-0.05, 0) is 18.1 Å². The Hall–Kier alpha value is -2.05. The standard InChI is InChI=1S/C16H19F3N2O2/c1-15(2,9-20-14(23)12-6-7-13(22)21-12)10-4-3-5-11(8-10)16(17,18)19/h3-5,8,12H,6-7,9H2,1-2H3,(H,20,23)(H,21,22)/t12-/m0/s1. The highest BCUT2D eigenvalue weighted by atomic mass is 19.4. The predicted octanol–water partition coefficient (Wildman–Crippen LogP) is 2.38. The van der Waals surface area contributed by atoms with Gasteiger partial charge in [0.05, 0.1) is 5.56 Å². The molecule has 1 aliphatic rings. The smallest absolute Gasteiger partial charge is 0.353 e. The van der Waals surface area contributed by atoms with Crippen LogP contribution in [0.25, 0.3) is 0 Å². The van der Waals surface area contributed by atoms with Crippen molar-refractivity contribution in [2.24, 2.45) is 0 Å². The van der Waals surface area contributed by atoms with Crippen LogP contribution in [0.3, 0.4) is 0 Å². The van der Waals surface area contributed by atoms with Gasteiger partial charge < -0.3 is 10.6 Å². The Morgan fingerprint density at radius 3 is 2.52 bits per heavy atom. The lowest BCUT2D eigenvalue weighted by atomic mass is 9.83. The van der Waals surface area contributed by atoms with Crippen molar-refractivity contribution >= 4 is 11.8 Å². The molecule has 0 spiro atoms. The number of nitrogens with one attached hydrogen (secondary N) is 2. The molecule has 2 rings (SSSR count). The zero-order valence-electron chi connectivity index (χ0n) is 13.0. The van der Waals surface area contributed by atoms with Gasteiger partial charge in [0.15, 0.2) is 0 Å². The summed E-state index contributed by atoms with van der Waals surface area (Å²) in [5.41, 5.74) is -0.889. The van der Waals surface area contributed by atoms with Crippen LogP contribution in [0, 0.1) is 0 Å². The zero-order chi connectivity index (χ0) is 17.3. The molecular weight excluding hydrogens is 309 g/mol. The maximum absolute atomic E-state index is 12.8. The predicted molar refractivity (Wildman–Crippen MR) is 78.6 cm³/mol. The number of alkyl halides is 3. The molecule has 1 saturated heterocycles. The molecule has 1 heterocycles. The van der Waals surface area contributed by atoms with Crippen molar-refractivity contribution in [1.82, 2.24) is 10.6 Å². The summed E-state index contributed by atoms with van der Waals surface area (Å²) in [6, 6.07) is 4.53. The van der Waals surface area contributed by atoms with Gasteiger partial charge in [-0.1, -0.05) is 32.0 Å². The van der Waals surface area contributed by atoms with Gasteiger partial charge in [0.2, 0.25) is 11.8 Å². The molecule has 0 aromatic heterocycles. The number of amides is 2. The molecule has 1 fully saturated rings. The lowest BCUT2D eigenvalue weighted by Gasteiger charge is -2.27. The number of benzene rings is 1. The lowest BCUT2D eigenvalue weighted by molar-refractivity contribution is -0.137. The third kappa shape index (κ3) is 4.24. The van der Waals surface area contributed by atoms with Gasteiger partial charge in [0, 0.05) is 18.4 Å². The van der Waals surface area contributed by atoms with Gasteiger partial charge >= 0.3 is 6.18 Å². The van der Waals surface area contributed by atoms with E-state index in [1.807, 2.05) is 0 Å². The van der Waals surface area contributed by atoms with Crippen LogP contribution in [-0.4, -0.2) is 24.4 Å². The second-order valence-electron chi connectivity index (χ2n) is 6.34. The Bertz CT molecular complexity index is 612. The number of halogens is 3. The Kier molecular flexibility index (Phi) is 4.68. The molecule has 4 nitrogen and oxygen atoms in total. The van der Waals surface area contributed by atoms with Crippen LogP contribution in [0.1, 0.15) is 37.8 Å². The number of hydrogen-bond acceptors (Lipinski definition) is 2. The SMILES string of the molecule is CC(C)(CNC(=O)[C@@H]1CCC(=O)N1)c1cccc(C(F)(F)F)c1. The quantitative estimate of drug-likeness (QED) is 0.891. The third-order valence-corrected chi connectivity index (χ3v) is 3.99. The number of carbonyl (C=O) groups is 2. The van der Waals surface area contributed by atoms with E-state index in [0.717, 1.165) is 12.1 Å². The Balaban J connectivity index is 2.04. The minimum Gasteiger partial charge on any atom is -0.353 e. The van der Waals surface area contributed by atoms with Crippen molar-refractivity contribution in [3.05, 3.63) is 35.4 Å². The minimum atomic E-state index is -4.40. The van der Waals surface area contributed by atoms with Gasteiger partial charge in [-0.15, -0.1) is 0 Å². The summed E-state index contributed by atoms with van der Waals surface area (Å²) in [5.74, 6) is -0.474. The molecule has 1 aromatic carbocycles. The summed E-state index contributed by atoms with van der Waals surface area (Å²) in [6.07, 6.45) is -3.65. The third-order valence-electron chi connectivity index (χ3n) is 3.99. The first-order valence-electron chi connectivity index (χ1n) is 7.34. The van der Waals surface area contributed by atoms with E-state index in [0.29, 0.717) is 18.4 Å². The molecular formula is C16H19F3N2O2. The Labute approximate surface area is 132 Å². The van der Waals surface area contributed by atoms with E-state index in [9.17, 15) is 22.8 Å². The zero-order valence-corrected chi connectivity index (χ0v) is 13.0. The van der Waals surface area contributed by atoms with Crippen molar-refractivity contribution in [3.63, 3.8) is 0 Å². The minimum absolute atomic E-state index is 0.165. The van der Waals surface area contributed by atoms with Crippen LogP contribution >= 0.6 is 0 Å². The van der Waals surface area contributed by atoms with E-state index in [4.69, 9.17) is 0 Å². The highest BCUT2D eigenvalue weighted by molar-refractivity contribution is 5.90. The molecule has 0 radical (unpaired) electrons. The molecule has 1 aliphatic heterocycles. The fraction of sp³-hybridized carbons (Fsp3) is 0.500. The average molecular weight is 328 g/mol. The summed E-state index contributed by atoms with van der Waals surface area (Å²) in [7, 11) is 0. The van der Waals surface area contributed by atoms with Gasteiger partial charge in [-0.3, -0.25) is 9.59 Å². The summed E-state index contributed by atoms with van der Waals surface area (Å²) in [4.78, 5) is 23.1. The fourth-order valence-corrected chi connectivity index (χ4v) is 2.46. The average Bonchev–Trinajstić information content (AvgIpc) is 2.91. The molecule has 0 saturated carbocycles. The number of rotatable bonds is 4. The normalized spacial score (nSPS) is 18.7. The van der Waals surface area contributed by atoms with Crippen molar-refractivity contribution in [2.75, 3.05) is 6.54 Å². The maximum Gasteiger partial charge on any atom is 0.416 e. The van der Waals surface area contributed by atoms with Crippen molar-refractivity contribution < 1.29 is 22.8 Å². The van der Waals surface area contributed by atoms with Gasteiger partial charge in [-0.2, -0.15) is 13.2 Å². The summed E-state index contributed by atoms with van der Waals surface area (Å²) in [6.45, 7) is 3.70. The molecule has 2 amide bonds. The van der Waals surface area contributed by atoms with Crippen LogP contribution in [-0.2, 0) is 21.2 Å². The van der Waals surface area contributed by atoms with E-state index in [1.165, 1.54) is 6.07 Å². The molecule has 2 N–H and O–H groups in total. The van der Waals surface area contributed by atoms with Gasteiger partial charge in [-0.25, -0.2) is 0 Å². The molecule has 1 atom stereocenters. The molecule has 126 valence electrons. The maximum atomic E-state index is 12.8. The fourth-order valence-electron chi connectivity index (χ4n) is 2.46. The number of carbonyl (C=O) groups excluding carboxylic acids is 2. The largest absolute Gasteiger partial charge is 0.416 e. The molecule has 0 bridgehead atoms. The first-order valence-corrected chi connectivity index (χ1v) is 7.34. The van der Waals surface area contributed by atoms with E-state index in [2.05, 4.69) is 10.6 Å². The first kappa shape index (κ1) is 17.3. The highest BCUT2D eigenvalue weighted by Gasteiger charge is 2.33. The lowest BCUT2D eigenvalue weighted by Crippen LogP contribution is -2.45. The van der Waals surface area contributed by atoms with E-state index < -0.39 is 23.2 Å². The summed E-state index contributed by atoms with van der Waals surface area (Å²) >= 11 is 0. The molecule has 0 unspecified atom stereocenters. The second kappa shape index (κ2) is 6.22. The van der Waals surface area contributed by atoms with E-state index in [1.54, 1.807) is 19.9 Å². The van der Waals surface area contributed by atoms with Gasteiger partial charge in [0.1, 0.15) is 6.04 Å². The monoisotopic (exact) mass is 328 g/mol. The number of hydrogen-bond donors (Lipinski definition) is 2. The molecule has 23 heavy (non-hydrogen) atoms. The first-order chi connectivity index (χ1) is 10.6. The Morgan fingerprint density at radius 1 is 1.30 bits per heavy atom. The van der Waals surface area contributed by atoms with E-state index >= 15 is 0 Å². The molecule has 0 aliphatic carbocycles. The topological polar surface area (TPSA) is 58.2 Å². The van der Waals surface area contributed by atoms with Crippen molar-refractivity contribution in [2.45, 2.75) is 44.3 Å². The van der Waals surface area contributed by atoms with Crippen molar-refractivity contribution in [3.8, 4) is 0 Å². The van der Waals surface area contributed by atoms with Gasteiger partial charge in [0.25, 0.3) is 0 Å². The highest BCUT2D eigenvalue weighted by Crippen LogP contribution is 2.32. The van der Waals surface area contributed by atoms with Crippen LogP contribution in [0.5, 0.6) is 0 Å². The van der Waals surface area contributed by atoms with E-state index in [-0.39, 0.29) is 18.4 Å².